The van der Waals surface area contributed by atoms with Crippen LogP contribution in [0.5, 0.6) is 0 Å². The van der Waals surface area contributed by atoms with Gasteiger partial charge in [0.1, 0.15) is 25.0 Å². The van der Waals surface area contributed by atoms with E-state index in [2.05, 4.69) is 26.6 Å². The molecule has 0 bridgehead atoms. The lowest BCUT2D eigenvalue weighted by molar-refractivity contribution is -0.142. The lowest BCUT2D eigenvalue weighted by Gasteiger charge is -2.15. The number of ketones is 1. The molecule has 0 aliphatic heterocycles. The maximum absolute atomic E-state index is 12.1. The molecule has 0 radical (unpaired) electrons. The highest BCUT2D eigenvalue weighted by Gasteiger charge is 2.20. The van der Waals surface area contributed by atoms with Crippen molar-refractivity contribution >= 4 is 35.4 Å². The quantitative estimate of drug-likeness (QED) is 0.0562. The van der Waals surface area contributed by atoms with E-state index >= 15 is 0 Å². The average molecular weight is 738 g/mol. The minimum absolute atomic E-state index is 0.0133. The fourth-order valence-corrected chi connectivity index (χ4v) is 4.66. The summed E-state index contributed by atoms with van der Waals surface area (Å²) in [7, 11) is 0. The number of rotatable bonds is 32. The van der Waals surface area contributed by atoms with Gasteiger partial charge in [-0.2, -0.15) is 0 Å². The number of carboxylic acid groups (broad SMARTS) is 1. The van der Waals surface area contributed by atoms with E-state index in [1.165, 1.54) is 0 Å². The van der Waals surface area contributed by atoms with Crippen LogP contribution in [-0.4, -0.2) is 125 Å². The summed E-state index contributed by atoms with van der Waals surface area (Å²) in [6.45, 7) is 8.21. The Morgan fingerprint density at radius 3 is 1.77 bits per heavy atom. The van der Waals surface area contributed by atoms with Gasteiger partial charge in [0.15, 0.2) is 0 Å². The fraction of sp³-hybridized carbons (Fsp3) is 0.667. The van der Waals surface area contributed by atoms with Crippen molar-refractivity contribution in [2.45, 2.75) is 84.3 Å². The number of nitrogens with one attached hydrogen (secondary N) is 5. The zero-order valence-corrected chi connectivity index (χ0v) is 30.9. The van der Waals surface area contributed by atoms with Crippen molar-refractivity contribution in [3.05, 3.63) is 35.4 Å². The Hall–Kier alpha value is -3.96. The number of ether oxygens (including phenoxy) is 4. The van der Waals surface area contributed by atoms with Gasteiger partial charge in [0.25, 0.3) is 0 Å². The van der Waals surface area contributed by atoms with E-state index < -0.39 is 12.0 Å². The topological polar surface area (TPSA) is 220 Å². The van der Waals surface area contributed by atoms with E-state index in [1.54, 1.807) is 6.92 Å². The van der Waals surface area contributed by atoms with Crippen LogP contribution in [0.2, 0.25) is 0 Å². The molecule has 0 saturated carbocycles. The summed E-state index contributed by atoms with van der Waals surface area (Å²) in [4.78, 5) is 71.0. The Kier molecular flexibility index (Phi) is 26.2. The predicted molar refractivity (Wildman–Crippen MR) is 192 cm³/mol. The van der Waals surface area contributed by atoms with E-state index in [4.69, 9.17) is 18.9 Å². The van der Waals surface area contributed by atoms with Gasteiger partial charge < -0.3 is 50.6 Å². The molecule has 6 N–H and O–H groups in total. The molecule has 0 fully saturated rings. The molecule has 16 heteroatoms. The van der Waals surface area contributed by atoms with Crippen LogP contribution in [0.25, 0.3) is 0 Å². The number of hydrogen-bond acceptors (Lipinski definition) is 11. The van der Waals surface area contributed by atoms with Gasteiger partial charge in [-0.1, -0.05) is 51.0 Å². The molecule has 52 heavy (non-hydrogen) atoms. The maximum atomic E-state index is 12.1. The van der Waals surface area contributed by atoms with Crippen LogP contribution in [0.4, 0.5) is 0 Å². The lowest BCUT2D eigenvalue weighted by atomic mass is 10.0. The summed E-state index contributed by atoms with van der Waals surface area (Å²) in [5.74, 6) is -2.33. The molecule has 2 atom stereocenters. The zero-order chi connectivity index (χ0) is 38.4. The summed E-state index contributed by atoms with van der Waals surface area (Å²) in [5.41, 5.74) is 1.98. The van der Waals surface area contributed by atoms with Crippen LogP contribution >= 0.6 is 0 Å². The van der Waals surface area contributed by atoms with Crippen molar-refractivity contribution in [2.75, 3.05) is 72.5 Å². The molecule has 0 aliphatic carbocycles. The molecule has 294 valence electrons. The average Bonchev–Trinajstić information content (AvgIpc) is 3.11. The summed E-state index contributed by atoms with van der Waals surface area (Å²) >= 11 is 0. The summed E-state index contributed by atoms with van der Waals surface area (Å²) in [5, 5.41) is 23.0. The SMILES string of the molecule is CCCCCC(=O)N[C@@H](CCC(=O)NCCOCCOCC(=O)NCCOCCOCC(=O)NCc1ccc(CC(NCC)C(C)=O)cc1)C(=O)O. The minimum atomic E-state index is -1.18. The molecule has 0 aromatic heterocycles. The monoisotopic (exact) mass is 737 g/mol. The molecule has 1 unspecified atom stereocenters. The Morgan fingerprint density at radius 2 is 1.21 bits per heavy atom. The number of likely N-dealkylation sites (N-methyl/N-ethyl adjacent to an activating group) is 1. The van der Waals surface area contributed by atoms with E-state index in [-0.39, 0.29) is 121 Å². The number of unbranched alkanes of at least 4 members (excludes halogenated alkanes) is 2. The predicted octanol–water partition coefficient (Wildman–Crippen LogP) is 0.641. The third-order valence-electron chi connectivity index (χ3n) is 7.54. The van der Waals surface area contributed by atoms with Crippen LogP contribution in [0.1, 0.15) is 70.4 Å². The second kappa shape index (κ2) is 29.6. The zero-order valence-electron chi connectivity index (χ0n) is 30.9. The van der Waals surface area contributed by atoms with Crippen molar-refractivity contribution in [3.8, 4) is 0 Å². The number of hydrogen-bond donors (Lipinski definition) is 6. The third kappa shape index (κ3) is 24.3. The molecule has 0 heterocycles. The first-order chi connectivity index (χ1) is 25.0. The van der Waals surface area contributed by atoms with E-state index in [1.807, 2.05) is 38.1 Å². The van der Waals surface area contributed by atoms with Gasteiger partial charge in [-0.15, -0.1) is 0 Å². The number of amides is 4. The molecule has 1 aromatic rings. The van der Waals surface area contributed by atoms with Crippen molar-refractivity contribution in [1.82, 2.24) is 26.6 Å². The van der Waals surface area contributed by atoms with Crippen LogP contribution in [0, 0.1) is 0 Å². The van der Waals surface area contributed by atoms with Gasteiger partial charge in [-0.25, -0.2) is 4.79 Å². The highest BCUT2D eigenvalue weighted by Crippen LogP contribution is 2.08. The summed E-state index contributed by atoms with van der Waals surface area (Å²) in [6.07, 6.45) is 3.34. The van der Waals surface area contributed by atoms with Gasteiger partial charge >= 0.3 is 5.97 Å². The van der Waals surface area contributed by atoms with Crippen molar-refractivity contribution in [2.24, 2.45) is 0 Å². The highest BCUT2D eigenvalue weighted by atomic mass is 16.5. The van der Waals surface area contributed by atoms with E-state index in [0.29, 0.717) is 19.4 Å². The lowest BCUT2D eigenvalue weighted by Crippen LogP contribution is -2.41. The van der Waals surface area contributed by atoms with Crippen LogP contribution in [-0.2, 0) is 60.7 Å². The summed E-state index contributed by atoms with van der Waals surface area (Å²) < 4.78 is 21.4. The number of carbonyl (C=O) groups is 6. The third-order valence-corrected chi connectivity index (χ3v) is 7.54. The largest absolute Gasteiger partial charge is 0.480 e. The smallest absolute Gasteiger partial charge is 0.326 e. The van der Waals surface area contributed by atoms with Crippen LogP contribution in [0.15, 0.2) is 24.3 Å². The van der Waals surface area contributed by atoms with E-state index in [9.17, 15) is 33.9 Å². The number of carbonyl (C=O) groups excluding carboxylic acids is 5. The molecule has 0 saturated heterocycles. The maximum Gasteiger partial charge on any atom is 0.326 e. The second-order valence-electron chi connectivity index (χ2n) is 12.0. The first kappa shape index (κ1) is 46.1. The van der Waals surface area contributed by atoms with Gasteiger partial charge in [-0.3, -0.25) is 24.0 Å². The highest BCUT2D eigenvalue weighted by molar-refractivity contribution is 5.84. The van der Waals surface area contributed by atoms with Gasteiger partial charge in [0, 0.05) is 32.5 Å². The number of Topliss-reactive ketones (excluding diaryl/α,β-unsaturated/α-hetero) is 1. The number of benzene rings is 1. The van der Waals surface area contributed by atoms with Gasteiger partial charge in [0.05, 0.1) is 45.7 Å². The molecular weight excluding hydrogens is 678 g/mol. The molecule has 16 nitrogen and oxygen atoms in total. The van der Waals surface area contributed by atoms with E-state index in [0.717, 1.165) is 30.5 Å². The molecule has 0 aliphatic rings. The molecule has 1 rings (SSSR count). The molecule has 0 spiro atoms. The summed E-state index contributed by atoms with van der Waals surface area (Å²) in [6, 6.07) is 6.43. The number of aliphatic carboxylic acids is 1. The van der Waals surface area contributed by atoms with Gasteiger partial charge in [0.2, 0.25) is 23.6 Å². The number of carboxylic acids is 1. The first-order valence-electron chi connectivity index (χ1n) is 18.0. The minimum Gasteiger partial charge on any atom is -0.480 e. The van der Waals surface area contributed by atoms with Crippen LogP contribution in [0.3, 0.4) is 0 Å². The van der Waals surface area contributed by atoms with Crippen molar-refractivity contribution in [1.29, 1.82) is 0 Å². The normalized spacial score (nSPS) is 12.1. The molecule has 4 amide bonds. The Morgan fingerprint density at radius 1 is 0.654 bits per heavy atom. The Labute approximate surface area is 306 Å². The van der Waals surface area contributed by atoms with Crippen LogP contribution < -0.4 is 26.6 Å². The first-order valence-corrected chi connectivity index (χ1v) is 18.0. The van der Waals surface area contributed by atoms with Crippen molar-refractivity contribution in [3.63, 3.8) is 0 Å². The molecule has 1 aromatic carbocycles. The second-order valence-corrected chi connectivity index (χ2v) is 12.0. The Bertz CT molecular complexity index is 1200. The van der Waals surface area contributed by atoms with Gasteiger partial charge in [-0.05, 0) is 43.9 Å². The standard InChI is InChI=1S/C36H59N5O11/c1-4-6-7-8-33(44)41-30(36(47)48)13-14-32(43)38-15-17-49-19-21-51-25-34(45)39-16-18-50-20-22-52-26-35(46)40-24-29-11-9-28(10-12-29)23-31(27(3)42)37-5-2/h9-12,30-31,37H,4-8,13-26H2,1-3H3,(H,38,43)(H,39,45)(H,40,46)(H,41,44)(H,47,48)/t30-,31?/m0/s1. The fourth-order valence-electron chi connectivity index (χ4n) is 4.66. The molecular formula is C36H59N5O11. The Balaban J connectivity index is 1.98. The van der Waals surface area contributed by atoms with Crippen molar-refractivity contribution < 1.29 is 52.8 Å².